The Hall–Kier alpha value is -0.303. The van der Waals surface area contributed by atoms with E-state index < -0.39 is 8.07 Å². The topological polar surface area (TPSA) is 0 Å². The lowest BCUT2D eigenvalue weighted by atomic mass is 9.81. The van der Waals surface area contributed by atoms with E-state index in [1.54, 1.807) is 0 Å². The smallest absolute Gasteiger partial charge is 0.0564 e. The highest BCUT2D eigenvalue weighted by Gasteiger charge is 2.35. The first-order chi connectivity index (χ1) is 9.43. The van der Waals surface area contributed by atoms with Gasteiger partial charge in [0.15, 0.2) is 0 Å². The van der Waals surface area contributed by atoms with E-state index in [1.807, 2.05) is 11.1 Å². The first-order valence-electron chi connectivity index (χ1n) is 8.84. The second-order valence-electron chi connectivity index (χ2n) is 8.16. The Kier molecular flexibility index (Phi) is 5.34. The first kappa shape index (κ1) is 16.1. The first-order valence-corrected chi connectivity index (χ1v) is 12.4. The minimum Gasteiger partial charge on any atom is -0.0778 e. The Morgan fingerprint density at radius 1 is 1.00 bits per heavy atom. The number of hydrogen-bond donors (Lipinski definition) is 0. The molecule has 1 unspecified atom stereocenters. The summed E-state index contributed by atoms with van der Waals surface area (Å²) in [6.07, 6.45) is 15.2. The van der Waals surface area contributed by atoms with Gasteiger partial charge in [0.1, 0.15) is 0 Å². The van der Waals surface area contributed by atoms with Crippen LogP contribution in [-0.2, 0) is 0 Å². The van der Waals surface area contributed by atoms with Gasteiger partial charge in [-0.2, -0.15) is 0 Å². The molecule has 1 heteroatoms. The van der Waals surface area contributed by atoms with Crippen LogP contribution in [0.5, 0.6) is 0 Å². The lowest BCUT2D eigenvalue weighted by Gasteiger charge is -2.38. The normalized spacial score (nSPS) is 29.6. The van der Waals surface area contributed by atoms with Crippen molar-refractivity contribution in [2.45, 2.75) is 84.0 Å². The molecule has 1 fully saturated rings. The molecule has 0 aliphatic heterocycles. The summed E-state index contributed by atoms with van der Waals surface area (Å²) < 4.78 is 0. The van der Waals surface area contributed by atoms with Gasteiger partial charge in [0, 0.05) is 0 Å². The third kappa shape index (κ3) is 3.66. The van der Waals surface area contributed by atoms with Crippen molar-refractivity contribution in [3.63, 3.8) is 0 Å². The molecule has 0 aromatic carbocycles. The van der Waals surface area contributed by atoms with E-state index >= 15 is 0 Å². The summed E-state index contributed by atoms with van der Waals surface area (Å²) in [6.45, 7) is 12.5. The van der Waals surface area contributed by atoms with Crippen molar-refractivity contribution in [3.8, 4) is 0 Å². The largest absolute Gasteiger partial charge is 0.0778 e. The summed E-state index contributed by atoms with van der Waals surface area (Å²) >= 11 is 0. The van der Waals surface area contributed by atoms with Gasteiger partial charge in [0.2, 0.25) is 0 Å². The zero-order valence-corrected chi connectivity index (χ0v) is 15.3. The molecule has 0 aromatic heterocycles. The fourth-order valence-electron chi connectivity index (χ4n) is 4.15. The zero-order valence-electron chi connectivity index (χ0n) is 14.3. The van der Waals surface area contributed by atoms with E-state index in [-0.39, 0.29) is 0 Å². The van der Waals surface area contributed by atoms with Crippen LogP contribution in [-0.4, -0.2) is 8.07 Å². The van der Waals surface area contributed by atoms with Crippen LogP contribution in [0.2, 0.25) is 25.2 Å². The molecule has 0 nitrogen and oxygen atoms in total. The predicted molar refractivity (Wildman–Crippen MR) is 93.9 cm³/mol. The van der Waals surface area contributed by atoms with E-state index in [1.165, 1.54) is 44.9 Å². The summed E-state index contributed by atoms with van der Waals surface area (Å²) in [5.74, 6) is 1.53. The van der Waals surface area contributed by atoms with Crippen LogP contribution >= 0.6 is 0 Å². The van der Waals surface area contributed by atoms with Crippen LogP contribution in [0.4, 0.5) is 0 Å². The molecule has 0 N–H and O–H groups in total. The molecule has 1 saturated carbocycles. The Labute approximate surface area is 127 Å². The SMILES string of the molecule is CCC(C)C1C=C2CCCCCCC(=C1)C2[Si](C)(C)C. The molecule has 0 aromatic rings. The molecular formula is C19H34Si. The predicted octanol–water partition coefficient (Wildman–Crippen LogP) is 6.58. The number of rotatable bonds is 3. The van der Waals surface area contributed by atoms with Gasteiger partial charge in [-0.05, 0) is 43.1 Å². The quantitative estimate of drug-likeness (QED) is 0.407. The molecule has 2 aliphatic rings. The molecular weight excluding hydrogens is 256 g/mol. The maximum Gasteiger partial charge on any atom is 0.0564 e. The monoisotopic (exact) mass is 290 g/mol. The molecule has 20 heavy (non-hydrogen) atoms. The molecule has 2 rings (SSSR count). The van der Waals surface area contributed by atoms with Crippen molar-refractivity contribution in [2.75, 3.05) is 0 Å². The van der Waals surface area contributed by atoms with Crippen LogP contribution in [0.3, 0.4) is 0 Å². The van der Waals surface area contributed by atoms with Gasteiger partial charge in [-0.1, -0.05) is 76.0 Å². The minimum atomic E-state index is -1.14. The standard InChI is InChI=1S/C19H34Si/c1-6-15(2)18-13-16-11-9-7-8-10-12-17(14-18)19(16)20(3,4)5/h13-15,18-19H,6-12H2,1-5H3. The van der Waals surface area contributed by atoms with Crippen LogP contribution in [0, 0.1) is 11.8 Å². The van der Waals surface area contributed by atoms with Gasteiger partial charge in [-0.15, -0.1) is 0 Å². The van der Waals surface area contributed by atoms with Gasteiger partial charge >= 0.3 is 0 Å². The van der Waals surface area contributed by atoms with Crippen molar-refractivity contribution in [3.05, 3.63) is 23.3 Å². The summed E-state index contributed by atoms with van der Waals surface area (Å²) in [6, 6.07) is 0. The molecule has 114 valence electrons. The third-order valence-electron chi connectivity index (χ3n) is 5.40. The Morgan fingerprint density at radius 3 is 1.90 bits per heavy atom. The third-order valence-corrected chi connectivity index (χ3v) is 7.88. The zero-order chi connectivity index (χ0) is 14.8. The van der Waals surface area contributed by atoms with Crippen LogP contribution in [0.25, 0.3) is 0 Å². The van der Waals surface area contributed by atoms with Crippen LogP contribution in [0.1, 0.15) is 58.8 Å². The molecule has 0 radical (unpaired) electrons. The molecule has 2 aliphatic carbocycles. The second-order valence-corrected chi connectivity index (χ2v) is 13.5. The molecule has 0 spiro atoms. The number of allylic oxidation sites excluding steroid dienone is 4. The Balaban J connectivity index is 2.36. The van der Waals surface area contributed by atoms with Crippen molar-refractivity contribution < 1.29 is 0 Å². The van der Waals surface area contributed by atoms with E-state index in [9.17, 15) is 0 Å². The van der Waals surface area contributed by atoms with Crippen molar-refractivity contribution in [2.24, 2.45) is 11.8 Å². The number of hydrogen-bond acceptors (Lipinski definition) is 0. The molecule has 0 heterocycles. The van der Waals surface area contributed by atoms with Gasteiger partial charge < -0.3 is 0 Å². The summed E-state index contributed by atoms with van der Waals surface area (Å²) in [5.41, 5.74) is 4.50. The maximum atomic E-state index is 2.69. The van der Waals surface area contributed by atoms with Gasteiger partial charge in [0.25, 0.3) is 0 Å². The van der Waals surface area contributed by atoms with E-state index in [4.69, 9.17) is 0 Å². The lowest BCUT2D eigenvalue weighted by molar-refractivity contribution is 0.470. The average Bonchev–Trinajstić information content (AvgIpc) is 2.45. The maximum absolute atomic E-state index is 2.69. The van der Waals surface area contributed by atoms with E-state index in [0.717, 1.165) is 17.4 Å². The molecule has 1 atom stereocenters. The Bertz CT molecular complexity index is 357. The lowest BCUT2D eigenvalue weighted by Crippen LogP contribution is -2.33. The number of fused-ring (bicyclic) bond motifs is 2. The highest BCUT2D eigenvalue weighted by Crippen LogP contribution is 2.47. The fraction of sp³-hybridized carbons (Fsp3) is 0.789. The molecule has 0 amide bonds. The summed E-state index contributed by atoms with van der Waals surface area (Å²) in [7, 11) is -1.14. The van der Waals surface area contributed by atoms with Crippen LogP contribution in [0.15, 0.2) is 23.3 Å². The summed E-state index contributed by atoms with van der Waals surface area (Å²) in [4.78, 5) is 0. The molecule has 2 bridgehead atoms. The van der Waals surface area contributed by atoms with Gasteiger partial charge in [0.05, 0.1) is 8.07 Å². The van der Waals surface area contributed by atoms with Gasteiger partial charge in [-0.3, -0.25) is 0 Å². The molecule has 0 saturated heterocycles. The second kappa shape index (κ2) is 6.64. The highest BCUT2D eigenvalue weighted by atomic mass is 28.3. The minimum absolute atomic E-state index is 0.718. The van der Waals surface area contributed by atoms with Gasteiger partial charge in [-0.25, -0.2) is 0 Å². The average molecular weight is 291 g/mol. The van der Waals surface area contributed by atoms with Crippen molar-refractivity contribution in [1.82, 2.24) is 0 Å². The Morgan fingerprint density at radius 2 is 1.50 bits per heavy atom. The highest BCUT2D eigenvalue weighted by molar-refractivity contribution is 6.78. The van der Waals surface area contributed by atoms with E-state index in [2.05, 4.69) is 45.6 Å². The van der Waals surface area contributed by atoms with Crippen LogP contribution < -0.4 is 0 Å². The van der Waals surface area contributed by atoms with Crippen molar-refractivity contribution >= 4 is 8.07 Å². The fourth-order valence-corrected chi connectivity index (χ4v) is 6.86. The summed E-state index contributed by atoms with van der Waals surface area (Å²) in [5, 5.41) is 0. The van der Waals surface area contributed by atoms with Crippen molar-refractivity contribution in [1.29, 1.82) is 0 Å². The van der Waals surface area contributed by atoms with E-state index in [0.29, 0.717) is 0 Å².